The van der Waals surface area contributed by atoms with E-state index in [4.69, 9.17) is 5.26 Å². The highest BCUT2D eigenvalue weighted by molar-refractivity contribution is 9.09. The summed E-state index contributed by atoms with van der Waals surface area (Å²) in [7, 11) is 0. The number of halogens is 1. The summed E-state index contributed by atoms with van der Waals surface area (Å²) in [5.74, 6) is 0.155. The minimum absolute atomic E-state index is 0.155. The van der Waals surface area contributed by atoms with Crippen LogP contribution >= 0.6 is 15.9 Å². The van der Waals surface area contributed by atoms with Crippen molar-refractivity contribution >= 4 is 15.9 Å². The van der Waals surface area contributed by atoms with Crippen LogP contribution in [0, 0.1) is 17.2 Å². The maximum Gasteiger partial charge on any atom is 0.0697 e. The molecule has 0 aromatic carbocycles. The van der Waals surface area contributed by atoms with Crippen LogP contribution in [-0.2, 0) is 0 Å². The maximum absolute atomic E-state index is 8.59. The van der Waals surface area contributed by atoms with Crippen molar-refractivity contribution in [1.29, 1.82) is 5.26 Å². The van der Waals surface area contributed by atoms with Gasteiger partial charge in [0.1, 0.15) is 0 Å². The SMILES string of the molecule is N#C[C@H]1C=C[C@@H](Br)CCC1. The molecule has 0 saturated heterocycles. The average molecular weight is 200 g/mol. The predicted octanol–water partition coefficient (Wildman–Crippen LogP) is 2.63. The van der Waals surface area contributed by atoms with E-state index in [1.54, 1.807) is 0 Å². The third-order valence-electron chi connectivity index (χ3n) is 1.71. The normalized spacial score (nSPS) is 32.8. The molecular formula is C8H10BrN. The van der Waals surface area contributed by atoms with Gasteiger partial charge < -0.3 is 0 Å². The number of hydrogen-bond donors (Lipinski definition) is 0. The molecule has 2 heteroatoms. The van der Waals surface area contributed by atoms with Crippen molar-refractivity contribution in [3.63, 3.8) is 0 Å². The Hall–Kier alpha value is -0.290. The average Bonchev–Trinajstić information content (AvgIpc) is 2.14. The summed E-state index contributed by atoms with van der Waals surface area (Å²) >= 11 is 3.50. The van der Waals surface area contributed by atoms with Crippen LogP contribution in [0.4, 0.5) is 0 Å². The van der Waals surface area contributed by atoms with Gasteiger partial charge in [0.15, 0.2) is 0 Å². The first-order chi connectivity index (χ1) is 4.83. The summed E-state index contributed by atoms with van der Waals surface area (Å²) in [5, 5.41) is 8.59. The Bertz CT molecular complexity index is 169. The van der Waals surface area contributed by atoms with Gasteiger partial charge in [0.25, 0.3) is 0 Å². The minimum Gasteiger partial charge on any atom is -0.198 e. The molecule has 0 radical (unpaired) electrons. The first-order valence-corrected chi connectivity index (χ1v) is 4.46. The Morgan fingerprint density at radius 1 is 1.40 bits per heavy atom. The molecule has 54 valence electrons. The summed E-state index contributed by atoms with van der Waals surface area (Å²) in [5.41, 5.74) is 0. The molecule has 0 aromatic heterocycles. The van der Waals surface area contributed by atoms with Gasteiger partial charge in [-0.2, -0.15) is 5.26 Å². The Labute approximate surface area is 69.9 Å². The number of hydrogen-bond acceptors (Lipinski definition) is 1. The molecule has 0 heterocycles. The van der Waals surface area contributed by atoms with E-state index in [-0.39, 0.29) is 5.92 Å². The summed E-state index contributed by atoms with van der Waals surface area (Å²) in [4.78, 5) is 0.492. The molecular weight excluding hydrogens is 190 g/mol. The van der Waals surface area contributed by atoms with Crippen molar-refractivity contribution in [2.75, 3.05) is 0 Å². The minimum atomic E-state index is 0.155. The molecule has 0 saturated carbocycles. The van der Waals surface area contributed by atoms with E-state index in [9.17, 15) is 0 Å². The molecule has 0 bridgehead atoms. The Kier molecular flexibility index (Phi) is 2.95. The fraction of sp³-hybridized carbons (Fsp3) is 0.625. The van der Waals surface area contributed by atoms with Gasteiger partial charge in [0.2, 0.25) is 0 Å². The predicted molar refractivity (Wildman–Crippen MR) is 44.8 cm³/mol. The number of rotatable bonds is 0. The van der Waals surface area contributed by atoms with Crippen LogP contribution < -0.4 is 0 Å². The van der Waals surface area contributed by atoms with Crippen LogP contribution in [0.25, 0.3) is 0 Å². The molecule has 0 fully saturated rings. The van der Waals surface area contributed by atoms with Crippen LogP contribution in [0.5, 0.6) is 0 Å². The van der Waals surface area contributed by atoms with Gasteiger partial charge in [-0.15, -0.1) is 0 Å². The lowest BCUT2D eigenvalue weighted by Crippen LogP contribution is -1.89. The zero-order valence-corrected chi connectivity index (χ0v) is 7.34. The molecule has 0 aliphatic heterocycles. The second kappa shape index (κ2) is 3.78. The van der Waals surface area contributed by atoms with Crippen LogP contribution in [0.15, 0.2) is 12.2 Å². The summed E-state index contributed by atoms with van der Waals surface area (Å²) in [6.07, 6.45) is 7.43. The lowest BCUT2D eigenvalue weighted by Gasteiger charge is -1.98. The van der Waals surface area contributed by atoms with E-state index in [1.165, 1.54) is 0 Å². The van der Waals surface area contributed by atoms with E-state index in [0.717, 1.165) is 19.3 Å². The second-order valence-electron chi connectivity index (χ2n) is 2.57. The standard InChI is InChI=1S/C8H10BrN/c9-8-3-1-2-7(6-10)4-5-8/h4-5,7-8H,1-3H2/t7-,8+/m1/s1. The molecule has 0 spiro atoms. The van der Waals surface area contributed by atoms with Gasteiger partial charge in [-0.1, -0.05) is 34.5 Å². The fourth-order valence-electron chi connectivity index (χ4n) is 1.09. The fourth-order valence-corrected chi connectivity index (χ4v) is 1.59. The zero-order chi connectivity index (χ0) is 7.40. The van der Waals surface area contributed by atoms with Crippen LogP contribution in [-0.4, -0.2) is 4.83 Å². The van der Waals surface area contributed by atoms with Gasteiger partial charge in [0, 0.05) is 4.83 Å². The monoisotopic (exact) mass is 199 g/mol. The van der Waals surface area contributed by atoms with E-state index < -0.39 is 0 Å². The Morgan fingerprint density at radius 3 is 2.90 bits per heavy atom. The molecule has 0 amide bonds. The molecule has 0 aromatic rings. The number of nitriles is 1. The number of alkyl halides is 1. The summed E-state index contributed by atoms with van der Waals surface area (Å²) in [6.45, 7) is 0. The summed E-state index contributed by atoms with van der Waals surface area (Å²) < 4.78 is 0. The van der Waals surface area contributed by atoms with E-state index >= 15 is 0 Å². The molecule has 2 atom stereocenters. The van der Waals surface area contributed by atoms with E-state index in [1.807, 2.05) is 6.08 Å². The third-order valence-corrected chi connectivity index (χ3v) is 2.48. The second-order valence-corrected chi connectivity index (χ2v) is 3.74. The van der Waals surface area contributed by atoms with Gasteiger partial charge in [-0.25, -0.2) is 0 Å². The van der Waals surface area contributed by atoms with Crippen molar-refractivity contribution in [2.24, 2.45) is 5.92 Å². The highest BCUT2D eigenvalue weighted by Crippen LogP contribution is 2.20. The smallest absolute Gasteiger partial charge is 0.0697 e. The van der Waals surface area contributed by atoms with Crippen molar-refractivity contribution in [1.82, 2.24) is 0 Å². The van der Waals surface area contributed by atoms with Gasteiger partial charge in [-0.05, 0) is 12.8 Å². The first kappa shape index (κ1) is 7.81. The summed E-state index contributed by atoms with van der Waals surface area (Å²) in [6, 6.07) is 2.26. The molecule has 1 aliphatic carbocycles. The van der Waals surface area contributed by atoms with E-state index in [2.05, 4.69) is 28.1 Å². The largest absolute Gasteiger partial charge is 0.198 e. The Balaban J connectivity index is 2.52. The van der Waals surface area contributed by atoms with Crippen LogP contribution in [0.3, 0.4) is 0 Å². The molecule has 1 rings (SSSR count). The van der Waals surface area contributed by atoms with Gasteiger partial charge in [0.05, 0.1) is 12.0 Å². The first-order valence-electron chi connectivity index (χ1n) is 3.55. The van der Waals surface area contributed by atoms with Crippen molar-refractivity contribution in [3.8, 4) is 6.07 Å². The molecule has 1 nitrogen and oxygen atoms in total. The topological polar surface area (TPSA) is 23.8 Å². The van der Waals surface area contributed by atoms with Crippen LogP contribution in [0.1, 0.15) is 19.3 Å². The van der Waals surface area contributed by atoms with Crippen LogP contribution in [0.2, 0.25) is 0 Å². The molecule has 0 unspecified atom stereocenters. The number of allylic oxidation sites excluding steroid dienone is 2. The van der Waals surface area contributed by atoms with Crippen molar-refractivity contribution in [3.05, 3.63) is 12.2 Å². The molecule has 0 N–H and O–H groups in total. The zero-order valence-electron chi connectivity index (χ0n) is 5.76. The highest BCUT2D eigenvalue weighted by atomic mass is 79.9. The van der Waals surface area contributed by atoms with Crippen molar-refractivity contribution < 1.29 is 0 Å². The number of nitrogens with zero attached hydrogens (tertiary/aromatic N) is 1. The highest BCUT2D eigenvalue weighted by Gasteiger charge is 2.09. The molecule has 10 heavy (non-hydrogen) atoms. The lowest BCUT2D eigenvalue weighted by molar-refractivity contribution is 0.659. The van der Waals surface area contributed by atoms with Gasteiger partial charge >= 0.3 is 0 Å². The Morgan fingerprint density at radius 2 is 2.20 bits per heavy atom. The van der Waals surface area contributed by atoms with Crippen molar-refractivity contribution in [2.45, 2.75) is 24.1 Å². The van der Waals surface area contributed by atoms with Gasteiger partial charge in [-0.3, -0.25) is 0 Å². The maximum atomic E-state index is 8.59. The third kappa shape index (κ3) is 2.15. The lowest BCUT2D eigenvalue weighted by atomic mass is 10.1. The van der Waals surface area contributed by atoms with E-state index in [0.29, 0.717) is 4.83 Å². The molecule has 1 aliphatic rings. The quantitative estimate of drug-likeness (QED) is 0.435.